The zero-order valence-electron chi connectivity index (χ0n) is 19.5. The molecule has 0 heterocycles. The van der Waals surface area contributed by atoms with Gasteiger partial charge < -0.3 is 9.64 Å². The maximum absolute atomic E-state index is 12.7. The third-order valence-electron chi connectivity index (χ3n) is 5.16. The van der Waals surface area contributed by atoms with Crippen LogP contribution in [0.4, 0.5) is 24.5 Å². The minimum atomic E-state index is -4.49. The number of nitrogens with one attached hydrogen (secondary N) is 1. The van der Waals surface area contributed by atoms with Crippen LogP contribution in [-0.2, 0) is 16.4 Å². The van der Waals surface area contributed by atoms with E-state index in [1.165, 1.54) is 7.05 Å². The molecule has 2 aromatic carbocycles. The molecule has 2 rings (SSSR count). The minimum Gasteiger partial charge on any atom is -0.494 e. The molecular weight excluding hydrogens is 467 g/mol. The molecule has 2 aromatic rings. The molecule has 0 bridgehead atoms. The first-order chi connectivity index (χ1) is 16.0. The Hall–Kier alpha value is -2.72. The molecule has 1 N–H and O–H groups in total. The topological polar surface area (TPSA) is 61.9 Å². The molecule has 0 fully saturated rings. The Kier molecular flexibility index (Phi) is 10.2. The van der Waals surface area contributed by atoms with Gasteiger partial charge in [0.05, 0.1) is 23.5 Å². The minimum absolute atomic E-state index is 0.0344. The average Bonchev–Trinajstić information content (AvgIpc) is 2.78. The Morgan fingerprint density at radius 2 is 1.59 bits per heavy atom. The molecule has 0 radical (unpaired) electrons. The molecular formula is C24H32F3N3O3S. The number of nitrogens with zero attached hydrogens (tertiary/aromatic N) is 2. The molecule has 0 aliphatic rings. The van der Waals surface area contributed by atoms with Crippen molar-refractivity contribution in [1.29, 1.82) is 0 Å². The highest BCUT2D eigenvalue weighted by molar-refractivity contribution is 7.94. The fraction of sp³-hybridized carbons (Fsp3) is 0.417. The van der Waals surface area contributed by atoms with Crippen molar-refractivity contribution < 1.29 is 26.3 Å². The zero-order chi connectivity index (χ0) is 25.2. The van der Waals surface area contributed by atoms with Crippen LogP contribution in [0, 0.1) is 0 Å². The maximum Gasteiger partial charge on any atom is 0.416 e. The summed E-state index contributed by atoms with van der Waals surface area (Å²) in [6, 6.07) is 10.4. The summed E-state index contributed by atoms with van der Waals surface area (Å²) in [4.78, 5) is 2.22. The second-order valence-corrected chi connectivity index (χ2v) is 9.66. The van der Waals surface area contributed by atoms with Gasteiger partial charge in [0, 0.05) is 13.6 Å². The predicted octanol–water partition coefficient (Wildman–Crippen LogP) is 5.56. The van der Waals surface area contributed by atoms with E-state index in [-0.39, 0.29) is 5.69 Å². The molecule has 34 heavy (non-hydrogen) atoms. The molecule has 0 aromatic heterocycles. The Morgan fingerprint density at radius 1 is 0.971 bits per heavy atom. The summed E-state index contributed by atoms with van der Waals surface area (Å²) in [6.45, 7) is 6.23. The summed E-state index contributed by atoms with van der Waals surface area (Å²) in [6.07, 6.45) is 1.65. The second kappa shape index (κ2) is 12.7. The van der Waals surface area contributed by atoms with Crippen molar-refractivity contribution in [3.63, 3.8) is 0 Å². The van der Waals surface area contributed by atoms with Gasteiger partial charge in [-0.2, -0.15) is 21.6 Å². The number of anilines is 2. The SMILES string of the molecule is C=CCN(C)CCCCCCOc1ccc(N(C)S(=O)(=O)Nc2ccc(C(F)(F)F)cc2)cc1. The smallest absolute Gasteiger partial charge is 0.416 e. The van der Waals surface area contributed by atoms with E-state index in [2.05, 4.69) is 23.2 Å². The number of halogens is 3. The Balaban J connectivity index is 1.80. The Morgan fingerprint density at radius 3 is 2.18 bits per heavy atom. The van der Waals surface area contributed by atoms with Crippen molar-refractivity contribution in [2.24, 2.45) is 0 Å². The number of benzene rings is 2. The van der Waals surface area contributed by atoms with Gasteiger partial charge >= 0.3 is 16.4 Å². The fourth-order valence-electron chi connectivity index (χ4n) is 3.17. The Bertz CT molecular complexity index is 995. The van der Waals surface area contributed by atoms with Crippen LogP contribution in [0.25, 0.3) is 0 Å². The van der Waals surface area contributed by atoms with Gasteiger partial charge in [0.1, 0.15) is 5.75 Å². The van der Waals surface area contributed by atoms with Crippen molar-refractivity contribution in [3.05, 3.63) is 66.7 Å². The van der Waals surface area contributed by atoms with Crippen molar-refractivity contribution in [2.75, 3.05) is 42.8 Å². The lowest BCUT2D eigenvalue weighted by molar-refractivity contribution is -0.137. The van der Waals surface area contributed by atoms with Crippen molar-refractivity contribution in [3.8, 4) is 5.75 Å². The summed E-state index contributed by atoms with van der Waals surface area (Å²) in [5.41, 5.74) is -0.432. The van der Waals surface area contributed by atoms with Crippen LogP contribution in [0.2, 0.25) is 0 Å². The van der Waals surface area contributed by atoms with E-state index < -0.39 is 21.9 Å². The number of unbranched alkanes of at least 4 members (excludes halogenated alkanes) is 3. The van der Waals surface area contributed by atoms with Crippen molar-refractivity contribution in [2.45, 2.75) is 31.9 Å². The van der Waals surface area contributed by atoms with Gasteiger partial charge in [0.25, 0.3) is 0 Å². The lowest BCUT2D eigenvalue weighted by Gasteiger charge is -2.21. The molecule has 188 valence electrons. The summed E-state index contributed by atoms with van der Waals surface area (Å²) in [5.74, 6) is 0.635. The fourth-order valence-corrected chi connectivity index (χ4v) is 4.14. The van der Waals surface area contributed by atoms with E-state index in [0.717, 1.165) is 67.3 Å². The monoisotopic (exact) mass is 499 g/mol. The van der Waals surface area contributed by atoms with E-state index in [4.69, 9.17) is 4.74 Å². The van der Waals surface area contributed by atoms with Gasteiger partial charge in [0.2, 0.25) is 0 Å². The quantitative estimate of drug-likeness (QED) is 0.273. The lowest BCUT2D eigenvalue weighted by Crippen LogP contribution is -2.32. The van der Waals surface area contributed by atoms with Crippen molar-refractivity contribution in [1.82, 2.24) is 4.90 Å². The number of ether oxygens (including phenoxy) is 1. The van der Waals surface area contributed by atoms with Crippen LogP contribution in [0.3, 0.4) is 0 Å². The van der Waals surface area contributed by atoms with Crippen LogP contribution in [-0.4, -0.2) is 47.1 Å². The van der Waals surface area contributed by atoms with E-state index in [9.17, 15) is 21.6 Å². The van der Waals surface area contributed by atoms with Gasteiger partial charge in [-0.3, -0.25) is 9.03 Å². The average molecular weight is 500 g/mol. The van der Waals surface area contributed by atoms with Gasteiger partial charge in [-0.05, 0) is 75.0 Å². The van der Waals surface area contributed by atoms with Crippen LogP contribution in [0.5, 0.6) is 5.75 Å². The first-order valence-electron chi connectivity index (χ1n) is 11.0. The summed E-state index contributed by atoms with van der Waals surface area (Å²) < 4.78 is 72.2. The first-order valence-corrected chi connectivity index (χ1v) is 12.4. The molecule has 0 atom stereocenters. The van der Waals surface area contributed by atoms with Crippen LogP contribution in [0.15, 0.2) is 61.2 Å². The van der Waals surface area contributed by atoms with Gasteiger partial charge in [-0.25, -0.2) is 0 Å². The molecule has 6 nitrogen and oxygen atoms in total. The summed E-state index contributed by atoms with van der Waals surface area (Å²) in [5, 5.41) is 0. The highest BCUT2D eigenvalue weighted by atomic mass is 32.2. The number of likely N-dealkylation sites (N-methyl/N-ethyl adjacent to an activating group) is 1. The molecule has 0 spiro atoms. The van der Waals surface area contributed by atoms with Gasteiger partial charge in [-0.1, -0.05) is 18.9 Å². The summed E-state index contributed by atoms with van der Waals surface area (Å²) in [7, 11) is -0.588. The number of alkyl halides is 3. The van der Waals surface area contributed by atoms with E-state index in [1.54, 1.807) is 24.3 Å². The highest BCUT2D eigenvalue weighted by Gasteiger charge is 2.30. The van der Waals surface area contributed by atoms with E-state index in [1.807, 2.05) is 6.08 Å². The second-order valence-electron chi connectivity index (χ2n) is 7.96. The molecule has 0 saturated carbocycles. The largest absolute Gasteiger partial charge is 0.494 e. The van der Waals surface area contributed by atoms with Crippen LogP contribution >= 0.6 is 0 Å². The standard InChI is InChI=1S/C24H32F3N3O3S/c1-4-17-29(2)18-7-5-6-8-19-33-23-15-13-22(14-16-23)30(3)34(31,32)28-21-11-9-20(10-12-21)24(25,26)27/h4,9-16,28H,1,5-8,17-19H2,2-3H3. The number of hydrogen-bond acceptors (Lipinski definition) is 4. The van der Waals surface area contributed by atoms with Gasteiger partial charge in [-0.15, -0.1) is 6.58 Å². The maximum atomic E-state index is 12.7. The molecule has 0 unspecified atom stereocenters. The predicted molar refractivity (Wildman–Crippen MR) is 130 cm³/mol. The zero-order valence-corrected chi connectivity index (χ0v) is 20.3. The molecule has 0 amide bonds. The molecule has 0 saturated heterocycles. The third kappa shape index (κ3) is 8.90. The Labute approximate surface area is 200 Å². The van der Waals surface area contributed by atoms with Gasteiger partial charge in [0.15, 0.2) is 0 Å². The third-order valence-corrected chi connectivity index (χ3v) is 6.59. The van der Waals surface area contributed by atoms with Crippen LogP contribution < -0.4 is 13.8 Å². The molecule has 0 aliphatic heterocycles. The molecule has 0 aliphatic carbocycles. The first kappa shape index (κ1) is 27.5. The number of hydrogen-bond donors (Lipinski definition) is 1. The normalized spacial score (nSPS) is 11.9. The van der Waals surface area contributed by atoms with Crippen LogP contribution in [0.1, 0.15) is 31.2 Å². The molecule has 10 heteroatoms. The van der Waals surface area contributed by atoms with Crippen molar-refractivity contribution >= 4 is 21.6 Å². The highest BCUT2D eigenvalue weighted by Crippen LogP contribution is 2.30. The lowest BCUT2D eigenvalue weighted by atomic mass is 10.2. The van der Waals surface area contributed by atoms with E-state index in [0.29, 0.717) is 18.0 Å². The van der Waals surface area contributed by atoms with E-state index >= 15 is 0 Å². The summed E-state index contributed by atoms with van der Waals surface area (Å²) >= 11 is 0. The number of rotatable bonds is 14.